The summed E-state index contributed by atoms with van der Waals surface area (Å²) in [7, 11) is 4.53. The molecule has 7 heteroatoms. The minimum atomic E-state index is -0.754. The van der Waals surface area contributed by atoms with Gasteiger partial charge in [-0.2, -0.15) is 0 Å². The number of ether oxygens (including phenoxy) is 3. The number of rotatable bonds is 8. The van der Waals surface area contributed by atoms with Gasteiger partial charge < -0.3 is 24.2 Å². The Hall–Kier alpha value is -3.48. The van der Waals surface area contributed by atoms with Crippen LogP contribution in [0.3, 0.4) is 0 Å². The molecule has 0 bridgehead atoms. The van der Waals surface area contributed by atoms with E-state index >= 15 is 0 Å². The van der Waals surface area contributed by atoms with Crippen LogP contribution < -0.4 is 14.2 Å². The van der Waals surface area contributed by atoms with Crippen molar-refractivity contribution in [3.8, 4) is 17.2 Å². The highest BCUT2D eigenvalue weighted by molar-refractivity contribution is 6.46. The van der Waals surface area contributed by atoms with Gasteiger partial charge >= 0.3 is 0 Å². The lowest BCUT2D eigenvalue weighted by Gasteiger charge is -2.26. The van der Waals surface area contributed by atoms with E-state index in [1.807, 2.05) is 19.1 Å². The third-order valence-electron chi connectivity index (χ3n) is 5.38. The highest BCUT2D eigenvalue weighted by Gasteiger charge is 2.46. The number of Topliss-reactive ketones (excluding diaryl/α,β-unsaturated/α-hetero) is 1. The van der Waals surface area contributed by atoms with Crippen LogP contribution in [0.4, 0.5) is 0 Å². The fourth-order valence-electron chi connectivity index (χ4n) is 3.79. The summed E-state index contributed by atoms with van der Waals surface area (Å²) in [5.41, 5.74) is 1.02. The molecule has 2 aromatic carbocycles. The number of nitrogens with zero attached hydrogens (tertiary/aromatic N) is 1. The van der Waals surface area contributed by atoms with E-state index in [-0.39, 0.29) is 11.3 Å². The zero-order valence-electron chi connectivity index (χ0n) is 18.2. The maximum Gasteiger partial charge on any atom is 0.295 e. The van der Waals surface area contributed by atoms with Gasteiger partial charge in [-0.1, -0.05) is 31.5 Å². The Balaban J connectivity index is 2.21. The van der Waals surface area contributed by atoms with E-state index in [4.69, 9.17) is 14.2 Å². The molecular weight excluding hydrogens is 398 g/mol. The van der Waals surface area contributed by atoms with Crippen LogP contribution in [0.2, 0.25) is 0 Å². The molecule has 2 aromatic rings. The minimum Gasteiger partial charge on any atom is -0.507 e. The summed E-state index contributed by atoms with van der Waals surface area (Å²) in [4.78, 5) is 27.5. The fraction of sp³-hybridized carbons (Fsp3) is 0.333. The molecule has 164 valence electrons. The summed E-state index contributed by atoms with van der Waals surface area (Å²) in [6, 6.07) is 11.3. The monoisotopic (exact) mass is 425 g/mol. The van der Waals surface area contributed by atoms with Crippen LogP contribution in [-0.2, 0) is 9.59 Å². The third kappa shape index (κ3) is 4.08. The number of benzene rings is 2. The summed E-state index contributed by atoms with van der Waals surface area (Å²) in [5.74, 6) is -0.196. The molecule has 1 saturated heterocycles. The van der Waals surface area contributed by atoms with Crippen LogP contribution in [0.1, 0.15) is 36.9 Å². The highest BCUT2D eigenvalue weighted by Crippen LogP contribution is 2.43. The van der Waals surface area contributed by atoms with Gasteiger partial charge in [0.25, 0.3) is 11.7 Å². The van der Waals surface area contributed by atoms with Gasteiger partial charge in [-0.05, 0) is 30.7 Å². The zero-order valence-corrected chi connectivity index (χ0v) is 18.2. The van der Waals surface area contributed by atoms with Crippen molar-refractivity contribution in [2.75, 3.05) is 27.9 Å². The topological polar surface area (TPSA) is 85.3 Å². The lowest BCUT2D eigenvalue weighted by Crippen LogP contribution is -2.30. The molecule has 31 heavy (non-hydrogen) atoms. The first-order valence-electron chi connectivity index (χ1n) is 10.1. The predicted octanol–water partition coefficient (Wildman–Crippen LogP) is 3.93. The van der Waals surface area contributed by atoms with Crippen LogP contribution in [-0.4, -0.2) is 49.6 Å². The number of ketones is 1. The number of para-hydroxylation sites is 1. The quantitative estimate of drug-likeness (QED) is 0.392. The van der Waals surface area contributed by atoms with E-state index in [9.17, 15) is 14.7 Å². The van der Waals surface area contributed by atoms with Crippen molar-refractivity contribution in [1.29, 1.82) is 0 Å². The Morgan fingerprint density at radius 2 is 1.65 bits per heavy atom. The van der Waals surface area contributed by atoms with Crippen molar-refractivity contribution in [1.82, 2.24) is 4.90 Å². The molecule has 1 unspecified atom stereocenters. The van der Waals surface area contributed by atoms with Crippen molar-refractivity contribution in [3.05, 3.63) is 59.2 Å². The summed E-state index contributed by atoms with van der Waals surface area (Å²) in [6.45, 7) is 2.41. The number of hydrogen-bond donors (Lipinski definition) is 1. The van der Waals surface area contributed by atoms with E-state index in [0.29, 0.717) is 34.9 Å². The summed E-state index contributed by atoms with van der Waals surface area (Å²) < 4.78 is 16.1. The summed E-state index contributed by atoms with van der Waals surface area (Å²) in [5, 5.41) is 11.2. The van der Waals surface area contributed by atoms with Gasteiger partial charge in [-0.25, -0.2) is 0 Å². The Bertz CT molecular complexity index is 1010. The fourth-order valence-corrected chi connectivity index (χ4v) is 3.79. The van der Waals surface area contributed by atoms with E-state index < -0.39 is 17.7 Å². The minimum absolute atomic E-state index is 0.0258. The number of aliphatic hydroxyl groups excluding tert-OH is 1. The molecule has 0 aromatic heterocycles. The largest absolute Gasteiger partial charge is 0.507 e. The average molecular weight is 425 g/mol. The number of amides is 1. The van der Waals surface area contributed by atoms with Crippen LogP contribution in [0.15, 0.2) is 48.0 Å². The number of carbonyl (C=O) groups is 2. The summed E-state index contributed by atoms with van der Waals surface area (Å²) in [6.07, 6.45) is 1.59. The number of aliphatic hydroxyl groups is 1. The van der Waals surface area contributed by atoms with Crippen LogP contribution in [0.5, 0.6) is 17.2 Å². The standard InChI is InChI=1S/C24H27NO6/c1-5-6-13-25-21(16-9-7-8-10-17(16)29-2)20(23(27)24(25)28)22(26)15-11-12-18(30-3)19(14-15)31-4/h7-12,14,21,26H,5-6,13H2,1-4H3/b22-20+. The second kappa shape index (κ2) is 9.55. The third-order valence-corrected chi connectivity index (χ3v) is 5.38. The van der Waals surface area contributed by atoms with Crippen molar-refractivity contribution < 1.29 is 28.9 Å². The average Bonchev–Trinajstić information content (AvgIpc) is 3.06. The molecule has 0 saturated carbocycles. The first-order chi connectivity index (χ1) is 15.0. The number of likely N-dealkylation sites (tertiary alicyclic amines) is 1. The highest BCUT2D eigenvalue weighted by atomic mass is 16.5. The van der Waals surface area contributed by atoms with Gasteiger partial charge in [0.05, 0.1) is 32.9 Å². The Morgan fingerprint density at radius 3 is 2.29 bits per heavy atom. The van der Waals surface area contributed by atoms with E-state index in [1.54, 1.807) is 30.3 Å². The molecule has 0 radical (unpaired) electrons. The number of unbranched alkanes of at least 4 members (excludes halogenated alkanes) is 1. The molecule has 1 amide bonds. The maximum absolute atomic E-state index is 13.0. The molecule has 1 aliphatic rings. The lowest BCUT2D eigenvalue weighted by molar-refractivity contribution is -0.139. The van der Waals surface area contributed by atoms with Gasteiger partial charge in [0.15, 0.2) is 11.5 Å². The first kappa shape index (κ1) is 22.2. The Kier molecular flexibility index (Phi) is 6.84. The second-order valence-electron chi connectivity index (χ2n) is 7.16. The molecule has 1 N–H and O–H groups in total. The molecule has 1 heterocycles. The first-order valence-corrected chi connectivity index (χ1v) is 10.1. The number of hydrogen-bond acceptors (Lipinski definition) is 6. The Labute approximate surface area is 181 Å². The molecule has 1 aliphatic heterocycles. The smallest absolute Gasteiger partial charge is 0.295 e. The molecule has 0 spiro atoms. The lowest BCUT2D eigenvalue weighted by atomic mass is 9.94. The van der Waals surface area contributed by atoms with E-state index in [1.165, 1.54) is 26.2 Å². The molecular formula is C24H27NO6. The molecule has 7 nitrogen and oxygen atoms in total. The SMILES string of the molecule is CCCCN1C(=O)C(=O)/C(=C(/O)c2ccc(OC)c(OC)c2)C1c1ccccc1OC. The Morgan fingerprint density at radius 1 is 0.968 bits per heavy atom. The summed E-state index contributed by atoms with van der Waals surface area (Å²) >= 11 is 0. The van der Waals surface area contributed by atoms with E-state index in [2.05, 4.69) is 0 Å². The second-order valence-corrected chi connectivity index (χ2v) is 7.16. The number of methoxy groups -OCH3 is 3. The van der Waals surface area contributed by atoms with E-state index in [0.717, 1.165) is 12.8 Å². The zero-order chi connectivity index (χ0) is 22.5. The molecule has 3 rings (SSSR count). The van der Waals surface area contributed by atoms with Gasteiger partial charge in [-0.3, -0.25) is 9.59 Å². The van der Waals surface area contributed by atoms with Crippen LogP contribution in [0, 0.1) is 0 Å². The maximum atomic E-state index is 13.0. The van der Waals surface area contributed by atoms with Gasteiger partial charge in [0.2, 0.25) is 0 Å². The van der Waals surface area contributed by atoms with Crippen molar-refractivity contribution in [2.45, 2.75) is 25.8 Å². The molecule has 1 atom stereocenters. The molecule has 0 aliphatic carbocycles. The van der Waals surface area contributed by atoms with Crippen molar-refractivity contribution in [2.24, 2.45) is 0 Å². The van der Waals surface area contributed by atoms with Gasteiger partial charge in [-0.15, -0.1) is 0 Å². The van der Waals surface area contributed by atoms with Gasteiger partial charge in [0.1, 0.15) is 11.5 Å². The predicted molar refractivity (Wildman–Crippen MR) is 116 cm³/mol. The molecule has 1 fully saturated rings. The van der Waals surface area contributed by atoms with Crippen LogP contribution in [0.25, 0.3) is 5.76 Å². The normalized spacial score (nSPS) is 17.7. The van der Waals surface area contributed by atoms with Gasteiger partial charge in [0, 0.05) is 17.7 Å². The van der Waals surface area contributed by atoms with Crippen molar-refractivity contribution in [3.63, 3.8) is 0 Å². The van der Waals surface area contributed by atoms with Crippen LogP contribution >= 0.6 is 0 Å². The number of carbonyl (C=O) groups excluding carboxylic acids is 2. The van der Waals surface area contributed by atoms with Crippen molar-refractivity contribution >= 4 is 17.4 Å².